The van der Waals surface area contributed by atoms with Crippen LogP contribution in [0.1, 0.15) is 60.9 Å². The molecule has 8 heteroatoms. The van der Waals surface area contributed by atoms with Crippen molar-refractivity contribution in [3.05, 3.63) is 29.3 Å². The number of piperidine rings is 1. The van der Waals surface area contributed by atoms with E-state index in [0.29, 0.717) is 24.3 Å². The average Bonchev–Trinajstić information content (AvgIpc) is 3.52. The van der Waals surface area contributed by atoms with Crippen molar-refractivity contribution in [2.75, 3.05) is 25.0 Å². The SMILES string of the molecule is Cc1cc(NC2NN([C@@H](CC#N)C3CC3)C3CCNC(=O)C23)ccc1C(=O)N1CC2(CCC2)C1. The summed E-state index contributed by atoms with van der Waals surface area (Å²) >= 11 is 0. The number of benzene rings is 1. The van der Waals surface area contributed by atoms with E-state index in [-0.39, 0.29) is 36.0 Å². The van der Waals surface area contributed by atoms with Gasteiger partial charge in [0.25, 0.3) is 5.91 Å². The van der Waals surface area contributed by atoms with Gasteiger partial charge in [0, 0.05) is 48.4 Å². The lowest BCUT2D eigenvalue weighted by Gasteiger charge is -2.56. The largest absolute Gasteiger partial charge is 0.368 e. The van der Waals surface area contributed by atoms with Crippen molar-refractivity contribution < 1.29 is 9.59 Å². The maximum atomic E-state index is 13.0. The van der Waals surface area contributed by atoms with Crippen LogP contribution in [-0.4, -0.2) is 59.6 Å². The van der Waals surface area contributed by atoms with Gasteiger partial charge in [-0.05, 0) is 68.7 Å². The van der Waals surface area contributed by atoms with Gasteiger partial charge in [-0.25, -0.2) is 10.4 Å². The molecule has 2 amide bonds. The first-order valence-electron chi connectivity index (χ1n) is 12.8. The second-order valence-corrected chi connectivity index (χ2v) is 11.1. The van der Waals surface area contributed by atoms with Gasteiger partial charge in [0.05, 0.1) is 18.4 Å². The highest BCUT2D eigenvalue weighted by Crippen LogP contribution is 2.48. The molecule has 3 heterocycles. The van der Waals surface area contributed by atoms with Crippen LogP contribution in [0.4, 0.5) is 5.69 Å². The summed E-state index contributed by atoms with van der Waals surface area (Å²) in [6.07, 6.45) is 7.22. The van der Waals surface area contributed by atoms with Crippen molar-refractivity contribution in [1.29, 1.82) is 5.26 Å². The first-order valence-corrected chi connectivity index (χ1v) is 12.8. The molecule has 0 radical (unpaired) electrons. The van der Waals surface area contributed by atoms with Crippen LogP contribution < -0.4 is 16.1 Å². The highest BCUT2D eigenvalue weighted by atomic mass is 16.2. The quantitative estimate of drug-likeness (QED) is 0.600. The van der Waals surface area contributed by atoms with Crippen LogP contribution in [0.5, 0.6) is 0 Å². The maximum Gasteiger partial charge on any atom is 0.254 e. The maximum absolute atomic E-state index is 13.0. The summed E-state index contributed by atoms with van der Waals surface area (Å²) in [5.74, 6) is 0.489. The number of carbonyl (C=O) groups is 2. The van der Waals surface area contributed by atoms with Crippen LogP contribution in [0.2, 0.25) is 0 Å². The van der Waals surface area contributed by atoms with Crippen LogP contribution >= 0.6 is 0 Å². The molecule has 5 aliphatic rings. The fourth-order valence-electron chi connectivity index (χ4n) is 6.61. The fourth-order valence-corrected chi connectivity index (χ4v) is 6.61. The Labute approximate surface area is 201 Å². The molecule has 8 nitrogen and oxygen atoms in total. The number of anilines is 1. The van der Waals surface area contributed by atoms with Gasteiger partial charge < -0.3 is 15.5 Å². The number of nitriles is 1. The van der Waals surface area contributed by atoms with E-state index < -0.39 is 0 Å². The molecular formula is C26H34N6O2. The Kier molecular flexibility index (Phi) is 5.30. The number of hydrazine groups is 1. The van der Waals surface area contributed by atoms with E-state index in [0.717, 1.165) is 49.2 Å². The lowest BCUT2D eigenvalue weighted by Crippen LogP contribution is -2.61. The highest BCUT2D eigenvalue weighted by molar-refractivity contribution is 5.96. The van der Waals surface area contributed by atoms with E-state index >= 15 is 0 Å². The molecule has 2 saturated carbocycles. The average molecular weight is 463 g/mol. The summed E-state index contributed by atoms with van der Waals surface area (Å²) in [6, 6.07) is 8.46. The fraction of sp³-hybridized carbons (Fsp3) is 0.654. The summed E-state index contributed by atoms with van der Waals surface area (Å²) in [7, 11) is 0. The third-order valence-corrected chi connectivity index (χ3v) is 8.82. The number of amides is 2. The van der Waals surface area contributed by atoms with Crippen molar-refractivity contribution in [1.82, 2.24) is 20.7 Å². The summed E-state index contributed by atoms with van der Waals surface area (Å²) < 4.78 is 0. The van der Waals surface area contributed by atoms with Gasteiger partial charge in [-0.15, -0.1) is 0 Å². The molecule has 3 unspecified atom stereocenters. The van der Waals surface area contributed by atoms with Crippen molar-refractivity contribution in [3.8, 4) is 6.07 Å². The Balaban J connectivity index is 1.17. The molecular weight excluding hydrogens is 428 g/mol. The molecule has 1 aromatic rings. The van der Waals surface area contributed by atoms with Crippen LogP contribution in [0.25, 0.3) is 0 Å². The third-order valence-electron chi connectivity index (χ3n) is 8.82. The number of rotatable bonds is 6. The van der Waals surface area contributed by atoms with Crippen molar-refractivity contribution in [2.45, 2.75) is 70.1 Å². The van der Waals surface area contributed by atoms with Gasteiger partial charge in [0.1, 0.15) is 6.17 Å². The predicted octanol–water partition coefficient (Wildman–Crippen LogP) is 2.38. The van der Waals surface area contributed by atoms with E-state index in [1.54, 1.807) is 0 Å². The van der Waals surface area contributed by atoms with Crippen LogP contribution in [0.15, 0.2) is 18.2 Å². The van der Waals surface area contributed by atoms with Crippen molar-refractivity contribution in [2.24, 2.45) is 17.3 Å². The van der Waals surface area contributed by atoms with Gasteiger partial charge >= 0.3 is 0 Å². The topological polar surface area (TPSA) is 100 Å². The number of hydrogen-bond acceptors (Lipinski definition) is 6. The lowest BCUT2D eigenvalue weighted by molar-refractivity contribution is -0.128. The van der Waals surface area contributed by atoms with Gasteiger partial charge in [-0.1, -0.05) is 6.42 Å². The minimum absolute atomic E-state index is 0.0569. The molecule has 0 aromatic heterocycles. The summed E-state index contributed by atoms with van der Waals surface area (Å²) in [5.41, 5.74) is 6.60. The Bertz CT molecular complexity index is 1030. The summed E-state index contributed by atoms with van der Waals surface area (Å²) in [5, 5.41) is 18.2. The summed E-state index contributed by atoms with van der Waals surface area (Å²) in [6.45, 7) is 4.45. The predicted molar refractivity (Wildman–Crippen MR) is 127 cm³/mol. The zero-order chi connectivity index (χ0) is 23.4. The Morgan fingerprint density at radius 3 is 2.74 bits per heavy atom. The van der Waals surface area contributed by atoms with E-state index in [1.807, 2.05) is 30.0 Å². The van der Waals surface area contributed by atoms with E-state index in [2.05, 4.69) is 27.1 Å². The minimum Gasteiger partial charge on any atom is -0.368 e. The van der Waals surface area contributed by atoms with E-state index in [9.17, 15) is 14.9 Å². The van der Waals surface area contributed by atoms with Crippen LogP contribution in [0, 0.1) is 35.5 Å². The standard InChI is InChI=1S/C26H34N6O2/c1-16-13-18(5-6-19(16)25(34)31-14-26(15-31)9-2-10-26)29-23-22-21(8-12-28-24(22)33)32(30-23)20(7-11-27)17-3-4-17/h5-6,13,17,20-23,29-30H,2-4,7-10,12,14-15H2,1H3,(H,28,33)/t20-,21?,22?,23?/m0/s1. The molecule has 3 N–H and O–H groups in total. The second kappa shape index (κ2) is 8.24. The minimum atomic E-state index is -0.250. The van der Waals surface area contributed by atoms with Gasteiger partial charge in [-0.3, -0.25) is 9.59 Å². The number of hydrogen-bond donors (Lipinski definition) is 3. The van der Waals surface area contributed by atoms with Crippen molar-refractivity contribution >= 4 is 17.5 Å². The lowest BCUT2D eigenvalue weighted by atomic mass is 9.63. The van der Waals surface area contributed by atoms with E-state index in [4.69, 9.17) is 0 Å². The Morgan fingerprint density at radius 2 is 2.09 bits per heavy atom. The number of carbonyl (C=O) groups excluding carboxylic acids is 2. The third kappa shape index (κ3) is 3.66. The molecule has 34 heavy (non-hydrogen) atoms. The number of nitrogens with zero attached hydrogens (tertiary/aromatic N) is 3. The number of aryl methyl sites for hydroxylation is 1. The highest BCUT2D eigenvalue weighted by Gasteiger charge is 2.52. The second-order valence-electron chi connectivity index (χ2n) is 11.1. The molecule has 4 atom stereocenters. The van der Waals surface area contributed by atoms with Crippen LogP contribution in [-0.2, 0) is 4.79 Å². The molecule has 3 saturated heterocycles. The molecule has 5 fully saturated rings. The Hall–Kier alpha value is -2.63. The smallest absolute Gasteiger partial charge is 0.254 e. The molecule has 6 rings (SSSR count). The number of fused-ring (bicyclic) bond motifs is 1. The zero-order valence-electron chi connectivity index (χ0n) is 19.8. The first kappa shape index (κ1) is 21.9. The molecule has 2 aliphatic carbocycles. The number of likely N-dealkylation sites (tertiary alicyclic amines) is 1. The molecule has 180 valence electrons. The molecule has 0 bridgehead atoms. The molecule has 1 spiro atoms. The van der Waals surface area contributed by atoms with Gasteiger partial charge in [-0.2, -0.15) is 5.26 Å². The van der Waals surface area contributed by atoms with E-state index in [1.165, 1.54) is 19.3 Å². The first-order chi connectivity index (χ1) is 16.5. The van der Waals surface area contributed by atoms with Gasteiger partial charge in [0.2, 0.25) is 5.91 Å². The monoisotopic (exact) mass is 462 g/mol. The van der Waals surface area contributed by atoms with Crippen molar-refractivity contribution in [3.63, 3.8) is 0 Å². The van der Waals surface area contributed by atoms with Gasteiger partial charge in [0.15, 0.2) is 0 Å². The molecule has 1 aromatic carbocycles. The summed E-state index contributed by atoms with van der Waals surface area (Å²) in [4.78, 5) is 27.9. The Morgan fingerprint density at radius 1 is 1.29 bits per heavy atom. The number of nitrogens with one attached hydrogen (secondary N) is 3. The molecule has 3 aliphatic heterocycles. The normalized spacial score (nSPS) is 30.5. The zero-order valence-corrected chi connectivity index (χ0v) is 19.8. The van der Waals surface area contributed by atoms with Crippen LogP contribution in [0.3, 0.4) is 0 Å².